The Balaban J connectivity index is 2.43. The van der Waals surface area contributed by atoms with Gasteiger partial charge in [0.05, 0.1) is 6.21 Å². The minimum atomic E-state index is -0.0524. The van der Waals surface area contributed by atoms with Crippen molar-refractivity contribution in [1.29, 1.82) is 0 Å². The predicted molar refractivity (Wildman–Crippen MR) is 69.3 cm³/mol. The van der Waals surface area contributed by atoms with E-state index in [0.29, 0.717) is 12.3 Å². The number of hydrazone groups is 1. The zero-order valence-electron chi connectivity index (χ0n) is 9.40. The molecule has 0 aliphatic heterocycles. The molecule has 0 saturated carbocycles. The molecule has 1 N–H and O–H groups in total. The number of halogens is 1. The van der Waals surface area contributed by atoms with Gasteiger partial charge in [-0.15, -0.1) is 0 Å². The molecule has 1 aromatic rings. The smallest absolute Gasteiger partial charge is 0.240 e. The van der Waals surface area contributed by atoms with Crippen LogP contribution in [0, 0.1) is 5.92 Å². The van der Waals surface area contributed by atoms with Crippen LogP contribution < -0.4 is 5.43 Å². The maximum atomic E-state index is 11.3. The summed E-state index contributed by atoms with van der Waals surface area (Å²) in [5.74, 6) is 0.297. The van der Waals surface area contributed by atoms with Crippen LogP contribution >= 0.6 is 15.9 Å². The summed E-state index contributed by atoms with van der Waals surface area (Å²) in [6.45, 7) is 4.00. The standard InChI is InChI=1S/C12H15BrN2O/c1-9(2)7-12(16)15-14-8-10-3-5-11(13)6-4-10/h3-6,8-9H,7H2,1-2H3,(H,15,16). The average molecular weight is 283 g/mol. The molecule has 1 rings (SSSR count). The third-order valence-electron chi connectivity index (χ3n) is 1.87. The largest absolute Gasteiger partial charge is 0.273 e. The molecule has 0 fully saturated rings. The van der Waals surface area contributed by atoms with Crippen LogP contribution in [0.2, 0.25) is 0 Å². The van der Waals surface area contributed by atoms with Crippen molar-refractivity contribution >= 4 is 28.1 Å². The molecule has 4 heteroatoms. The van der Waals surface area contributed by atoms with E-state index in [1.807, 2.05) is 38.1 Å². The highest BCUT2D eigenvalue weighted by molar-refractivity contribution is 9.10. The molecule has 3 nitrogen and oxygen atoms in total. The first kappa shape index (κ1) is 12.9. The van der Waals surface area contributed by atoms with Gasteiger partial charge in [-0.3, -0.25) is 4.79 Å². The number of hydrogen-bond acceptors (Lipinski definition) is 2. The van der Waals surface area contributed by atoms with Crippen molar-refractivity contribution in [1.82, 2.24) is 5.43 Å². The zero-order valence-corrected chi connectivity index (χ0v) is 11.0. The molecule has 16 heavy (non-hydrogen) atoms. The van der Waals surface area contributed by atoms with Crippen molar-refractivity contribution < 1.29 is 4.79 Å². The Hall–Kier alpha value is -1.16. The summed E-state index contributed by atoms with van der Waals surface area (Å²) in [5.41, 5.74) is 3.45. The second kappa shape index (κ2) is 6.43. The Bertz CT molecular complexity index is 371. The lowest BCUT2D eigenvalue weighted by Crippen LogP contribution is -2.19. The molecule has 0 atom stereocenters. The molecule has 0 bridgehead atoms. The second-order valence-electron chi connectivity index (χ2n) is 3.94. The van der Waals surface area contributed by atoms with Gasteiger partial charge < -0.3 is 0 Å². The van der Waals surface area contributed by atoms with Crippen LogP contribution in [0.5, 0.6) is 0 Å². The number of nitrogens with one attached hydrogen (secondary N) is 1. The van der Waals surface area contributed by atoms with E-state index < -0.39 is 0 Å². The van der Waals surface area contributed by atoms with Crippen molar-refractivity contribution in [3.8, 4) is 0 Å². The molecule has 1 amide bonds. The zero-order chi connectivity index (χ0) is 12.0. The molecular weight excluding hydrogens is 268 g/mol. The Labute approximate surface area is 104 Å². The van der Waals surface area contributed by atoms with E-state index in [1.54, 1.807) is 6.21 Å². The molecular formula is C12H15BrN2O. The Morgan fingerprint density at radius 2 is 2.06 bits per heavy atom. The van der Waals surface area contributed by atoms with E-state index in [9.17, 15) is 4.79 Å². The van der Waals surface area contributed by atoms with E-state index in [4.69, 9.17) is 0 Å². The third-order valence-corrected chi connectivity index (χ3v) is 2.40. The van der Waals surface area contributed by atoms with Crippen LogP contribution in [-0.2, 0) is 4.79 Å². The van der Waals surface area contributed by atoms with Crippen LogP contribution in [0.15, 0.2) is 33.8 Å². The molecule has 0 heterocycles. The third kappa shape index (κ3) is 5.07. The van der Waals surface area contributed by atoms with Crippen LogP contribution in [0.25, 0.3) is 0 Å². The lowest BCUT2D eigenvalue weighted by Gasteiger charge is -2.01. The molecule has 0 aromatic heterocycles. The van der Waals surface area contributed by atoms with Gasteiger partial charge in [-0.1, -0.05) is 41.9 Å². The Morgan fingerprint density at radius 3 is 2.62 bits per heavy atom. The van der Waals surface area contributed by atoms with Crippen molar-refractivity contribution in [3.63, 3.8) is 0 Å². The van der Waals surface area contributed by atoms with Gasteiger partial charge in [0.25, 0.3) is 0 Å². The second-order valence-corrected chi connectivity index (χ2v) is 4.86. The summed E-state index contributed by atoms with van der Waals surface area (Å²) < 4.78 is 1.02. The predicted octanol–water partition coefficient (Wildman–Crippen LogP) is 2.95. The van der Waals surface area contributed by atoms with Gasteiger partial charge >= 0.3 is 0 Å². The number of amides is 1. The first-order valence-corrected chi connectivity index (χ1v) is 5.94. The highest BCUT2D eigenvalue weighted by Crippen LogP contribution is 2.08. The fraction of sp³-hybridized carbons (Fsp3) is 0.333. The van der Waals surface area contributed by atoms with Gasteiger partial charge in [0.2, 0.25) is 5.91 Å². The lowest BCUT2D eigenvalue weighted by atomic mass is 10.1. The van der Waals surface area contributed by atoms with E-state index in [-0.39, 0.29) is 5.91 Å². The number of hydrogen-bond donors (Lipinski definition) is 1. The maximum Gasteiger partial charge on any atom is 0.240 e. The Kier molecular flexibility index (Phi) is 5.19. The fourth-order valence-corrected chi connectivity index (χ4v) is 1.41. The van der Waals surface area contributed by atoms with Gasteiger partial charge in [-0.25, -0.2) is 5.43 Å². The van der Waals surface area contributed by atoms with Gasteiger partial charge in [-0.05, 0) is 23.6 Å². The average Bonchev–Trinajstić information content (AvgIpc) is 2.20. The molecule has 0 saturated heterocycles. The molecule has 0 unspecified atom stereocenters. The van der Waals surface area contributed by atoms with Crippen LogP contribution in [0.4, 0.5) is 0 Å². The van der Waals surface area contributed by atoms with E-state index in [0.717, 1.165) is 10.0 Å². The van der Waals surface area contributed by atoms with Gasteiger partial charge in [0.15, 0.2) is 0 Å². The Morgan fingerprint density at radius 1 is 1.44 bits per heavy atom. The van der Waals surface area contributed by atoms with Crippen molar-refractivity contribution in [2.24, 2.45) is 11.0 Å². The van der Waals surface area contributed by atoms with Crippen LogP contribution in [-0.4, -0.2) is 12.1 Å². The molecule has 0 radical (unpaired) electrons. The van der Waals surface area contributed by atoms with Gasteiger partial charge in [0, 0.05) is 10.9 Å². The lowest BCUT2D eigenvalue weighted by molar-refractivity contribution is -0.121. The van der Waals surface area contributed by atoms with Crippen molar-refractivity contribution in [2.75, 3.05) is 0 Å². The maximum absolute atomic E-state index is 11.3. The fourth-order valence-electron chi connectivity index (χ4n) is 1.14. The monoisotopic (exact) mass is 282 g/mol. The highest BCUT2D eigenvalue weighted by atomic mass is 79.9. The summed E-state index contributed by atoms with van der Waals surface area (Å²) in [4.78, 5) is 11.3. The minimum Gasteiger partial charge on any atom is -0.273 e. The van der Waals surface area contributed by atoms with Crippen LogP contribution in [0.1, 0.15) is 25.8 Å². The summed E-state index contributed by atoms with van der Waals surface area (Å²) >= 11 is 3.35. The normalized spacial score (nSPS) is 11.0. The summed E-state index contributed by atoms with van der Waals surface area (Å²) in [6.07, 6.45) is 2.13. The quantitative estimate of drug-likeness (QED) is 0.670. The molecule has 1 aromatic carbocycles. The van der Waals surface area contributed by atoms with Gasteiger partial charge in [0.1, 0.15) is 0 Å². The molecule has 0 aliphatic carbocycles. The number of carbonyl (C=O) groups is 1. The minimum absolute atomic E-state index is 0.0524. The van der Waals surface area contributed by atoms with E-state index in [2.05, 4.69) is 26.5 Å². The SMILES string of the molecule is CC(C)CC(=O)NN=Cc1ccc(Br)cc1. The van der Waals surface area contributed by atoms with Crippen LogP contribution in [0.3, 0.4) is 0 Å². The van der Waals surface area contributed by atoms with Crippen molar-refractivity contribution in [2.45, 2.75) is 20.3 Å². The number of nitrogens with zero attached hydrogens (tertiary/aromatic N) is 1. The summed E-state index contributed by atoms with van der Waals surface area (Å²) in [7, 11) is 0. The number of rotatable bonds is 4. The van der Waals surface area contributed by atoms with Crippen molar-refractivity contribution in [3.05, 3.63) is 34.3 Å². The molecule has 0 aliphatic rings. The molecule has 86 valence electrons. The highest BCUT2D eigenvalue weighted by Gasteiger charge is 2.01. The van der Waals surface area contributed by atoms with E-state index in [1.165, 1.54) is 0 Å². The topological polar surface area (TPSA) is 41.5 Å². The summed E-state index contributed by atoms with van der Waals surface area (Å²) in [6, 6.07) is 7.69. The first-order chi connectivity index (χ1) is 7.58. The molecule has 0 spiro atoms. The number of carbonyl (C=O) groups excluding carboxylic acids is 1. The summed E-state index contributed by atoms with van der Waals surface area (Å²) in [5, 5.41) is 3.88. The van der Waals surface area contributed by atoms with Gasteiger partial charge in [-0.2, -0.15) is 5.10 Å². The van der Waals surface area contributed by atoms with E-state index >= 15 is 0 Å². The number of benzene rings is 1. The first-order valence-electron chi connectivity index (χ1n) is 5.15.